The standard InChI is InChI=1S/C20H12Cl2N2O3S/c21-13-1-5-16(6-2-13)28-19-8-4-15(26-19)11-23-24-20(25)18-10-12-9-14(22)3-7-17(12)27-18/h1-11H,(H,24,25)/b23-11+. The molecule has 4 rings (SSSR count). The Labute approximate surface area is 174 Å². The van der Waals surface area contributed by atoms with E-state index in [9.17, 15) is 4.79 Å². The van der Waals surface area contributed by atoms with Gasteiger partial charge in [0, 0.05) is 20.3 Å². The van der Waals surface area contributed by atoms with E-state index in [0.29, 0.717) is 26.5 Å². The second-order valence-electron chi connectivity index (χ2n) is 5.70. The SMILES string of the molecule is O=C(N/N=C/c1ccc(Sc2ccc(Cl)cc2)o1)c1cc2cc(Cl)ccc2o1. The van der Waals surface area contributed by atoms with Crippen molar-refractivity contribution in [2.24, 2.45) is 5.10 Å². The smallest absolute Gasteiger partial charge is 0.307 e. The number of carbonyl (C=O) groups excluding carboxylic acids is 1. The van der Waals surface area contributed by atoms with E-state index in [-0.39, 0.29) is 5.76 Å². The summed E-state index contributed by atoms with van der Waals surface area (Å²) in [6.07, 6.45) is 1.42. The highest BCUT2D eigenvalue weighted by molar-refractivity contribution is 7.99. The lowest BCUT2D eigenvalue weighted by atomic mass is 10.2. The predicted octanol–water partition coefficient (Wildman–Crippen LogP) is 6.25. The molecule has 2 aromatic carbocycles. The summed E-state index contributed by atoms with van der Waals surface area (Å²) in [6.45, 7) is 0. The molecule has 0 aliphatic rings. The second kappa shape index (κ2) is 8.14. The second-order valence-corrected chi connectivity index (χ2v) is 7.66. The topological polar surface area (TPSA) is 67.7 Å². The normalized spacial score (nSPS) is 11.4. The van der Waals surface area contributed by atoms with Crippen LogP contribution in [0.15, 0.2) is 84.6 Å². The number of hydrogen-bond donors (Lipinski definition) is 1. The lowest BCUT2D eigenvalue weighted by molar-refractivity contribution is 0.0929. The molecule has 2 heterocycles. The molecule has 0 fully saturated rings. The van der Waals surface area contributed by atoms with Gasteiger partial charge in [-0.05, 0) is 60.7 Å². The number of fused-ring (bicyclic) bond motifs is 1. The van der Waals surface area contributed by atoms with Crippen LogP contribution in [0.3, 0.4) is 0 Å². The molecule has 1 N–H and O–H groups in total. The number of benzene rings is 2. The molecule has 0 aliphatic heterocycles. The van der Waals surface area contributed by atoms with Crippen LogP contribution in [0.4, 0.5) is 0 Å². The minimum atomic E-state index is -0.467. The van der Waals surface area contributed by atoms with Crippen LogP contribution in [0.25, 0.3) is 11.0 Å². The Morgan fingerprint density at radius 2 is 1.75 bits per heavy atom. The van der Waals surface area contributed by atoms with Crippen molar-refractivity contribution in [1.29, 1.82) is 0 Å². The zero-order valence-corrected chi connectivity index (χ0v) is 16.5. The Morgan fingerprint density at radius 1 is 0.964 bits per heavy atom. The number of nitrogens with one attached hydrogen (secondary N) is 1. The van der Waals surface area contributed by atoms with Gasteiger partial charge in [-0.3, -0.25) is 4.79 Å². The van der Waals surface area contributed by atoms with Crippen LogP contribution < -0.4 is 5.43 Å². The number of furan rings is 2. The van der Waals surface area contributed by atoms with E-state index < -0.39 is 5.91 Å². The van der Waals surface area contributed by atoms with Gasteiger partial charge in [0.15, 0.2) is 10.9 Å². The van der Waals surface area contributed by atoms with E-state index in [4.69, 9.17) is 32.0 Å². The number of amides is 1. The van der Waals surface area contributed by atoms with Crippen molar-refractivity contribution in [2.45, 2.75) is 9.99 Å². The van der Waals surface area contributed by atoms with Gasteiger partial charge in [0.1, 0.15) is 11.3 Å². The van der Waals surface area contributed by atoms with Crippen LogP contribution in [0, 0.1) is 0 Å². The molecule has 28 heavy (non-hydrogen) atoms. The first-order valence-corrected chi connectivity index (χ1v) is 9.70. The van der Waals surface area contributed by atoms with E-state index in [2.05, 4.69) is 10.5 Å². The Bertz CT molecular complexity index is 1170. The lowest BCUT2D eigenvalue weighted by Gasteiger charge is -1.97. The van der Waals surface area contributed by atoms with Crippen molar-refractivity contribution < 1.29 is 13.6 Å². The van der Waals surface area contributed by atoms with Crippen LogP contribution in [0.1, 0.15) is 16.3 Å². The summed E-state index contributed by atoms with van der Waals surface area (Å²) in [5.74, 6) is 0.187. The average Bonchev–Trinajstić information content (AvgIpc) is 3.30. The highest BCUT2D eigenvalue weighted by atomic mass is 35.5. The van der Waals surface area contributed by atoms with Crippen LogP contribution in [0.5, 0.6) is 0 Å². The fraction of sp³-hybridized carbons (Fsp3) is 0. The Balaban J connectivity index is 1.38. The number of carbonyl (C=O) groups is 1. The molecule has 0 saturated carbocycles. The minimum absolute atomic E-state index is 0.146. The average molecular weight is 431 g/mol. The highest BCUT2D eigenvalue weighted by Gasteiger charge is 2.12. The Kier molecular flexibility index (Phi) is 5.43. The van der Waals surface area contributed by atoms with Gasteiger partial charge in [0.2, 0.25) is 0 Å². The van der Waals surface area contributed by atoms with Crippen molar-refractivity contribution in [3.8, 4) is 0 Å². The van der Waals surface area contributed by atoms with E-state index in [0.717, 1.165) is 10.3 Å². The first kappa shape index (κ1) is 18.7. The maximum atomic E-state index is 12.2. The predicted molar refractivity (Wildman–Crippen MR) is 111 cm³/mol. The summed E-state index contributed by atoms with van der Waals surface area (Å²) in [7, 11) is 0. The third-order valence-electron chi connectivity index (χ3n) is 3.69. The van der Waals surface area contributed by atoms with E-state index in [1.807, 2.05) is 30.3 Å². The fourth-order valence-electron chi connectivity index (χ4n) is 2.41. The summed E-state index contributed by atoms with van der Waals surface area (Å²) >= 11 is 13.3. The molecule has 0 bridgehead atoms. The van der Waals surface area contributed by atoms with Crippen molar-refractivity contribution in [2.75, 3.05) is 0 Å². The molecule has 140 valence electrons. The van der Waals surface area contributed by atoms with E-state index in [1.165, 1.54) is 18.0 Å². The first-order chi connectivity index (χ1) is 13.6. The largest absolute Gasteiger partial charge is 0.451 e. The summed E-state index contributed by atoms with van der Waals surface area (Å²) in [5.41, 5.74) is 2.99. The molecule has 2 aromatic heterocycles. The van der Waals surface area contributed by atoms with Crippen LogP contribution in [-0.4, -0.2) is 12.1 Å². The Morgan fingerprint density at radius 3 is 2.57 bits per heavy atom. The van der Waals surface area contributed by atoms with Crippen LogP contribution in [-0.2, 0) is 0 Å². The van der Waals surface area contributed by atoms with Crippen LogP contribution >= 0.6 is 35.0 Å². The third kappa shape index (κ3) is 4.42. The van der Waals surface area contributed by atoms with Gasteiger partial charge >= 0.3 is 5.91 Å². The zero-order chi connectivity index (χ0) is 19.5. The molecule has 0 spiro atoms. The van der Waals surface area contributed by atoms with Gasteiger partial charge in [-0.25, -0.2) is 5.43 Å². The van der Waals surface area contributed by atoms with E-state index in [1.54, 1.807) is 30.3 Å². The van der Waals surface area contributed by atoms with Gasteiger partial charge in [-0.2, -0.15) is 5.10 Å². The summed E-state index contributed by atoms with van der Waals surface area (Å²) in [6, 6.07) is 17.8. The quantitative estimate of drug-likeness (QED) is 0.300. The molecule has 8 heteroatoms. The molecule has 5 nitrogen and oxygen atoms in total. The summed E-state index contributed by atoms with van der Waals surface area (Å²) in [4.78, 5) is 13.2. The van der Waals surface area contributed by atoms with Gasteiger partial charge in [0.25, 0.3) is 0 Å². The van der Waals surface area contributed by atoms with Crippen molar-refractivity contribution in [1.82, 2.24) is 5.43 Å². The molecule has 0 radical (unpaired) electrons. The Hall–Kier alpha value is -2.67. The molecule has 4 aromatic rings. The van der Waals surface area contributed by atoms with Crippen molar-refractivity contribution >= 4 is 58.1 Å². The maximum Gasteiger partial charge on any atom is 0.307 e. The minimum Gasteiger partial charge on any atom is -0.451 e. The van der Waals surface area contributed by atoms with Gasteiger partial charge in [-0.15, -0.1) is 0 Å². The fourth-order valence-corrected chi connectivity index (χ4v) is 3.50. The molecule has 0 aliphatic carbocycles. The molecular formula is C20H12Cl2N2O3S. The van der Waals surface area contributed by atoms with Crippen molar-refractivity contribution in [3.63, 3.8) is 0 Å². The number of nitrogens with zero attached hydrogens (tertiary/aromatic N) is 1. The number of rotatable bonds is 5. The lowest BCUT2D eigenvalue weighted by Crippen LogP contribution is -2.16. The molecule has 0 unspecified atom stereocenters. The zero-order valence-electron chi connectivity index (χ0n) is 14.2. The number of hydrogen-bond acceptors (Lipinski definition) is 5. The summed E-state index contributed by atoms with van der Waals surface area (Å²) in [5, 5.41) is 6.60. The number of hydrazone groups is 1. The van der Waals surface area contributed by atoms with E-state index >= 15 is 0 Å². The molecule has 0 saturated heterocycles. The highest BCUT2D eigenvalue weighted by Crippen LogP contribution is 2.29. The molecular weight excluding hydrogens is 419 g/mol. The first-order valence-electron chi connectivity index (χ1n) is 8.12. The van der Waals surface area contributed by atoms with Gasteiger partial charge < -0.3 is 8.83 Å². The van der Waals surface area contributed by atoms with Crippen molar-refractivity contribution in [3.05, 3.63) is 82.2 Å². The third-order valence-corrected chi connectivity index (χ3v) is 5.11. The van der Waals surface area contributed by atoms with Crippen LogP contribution in [0.2, 0.25) is 10.0 Å². The van der Waals surface area contributed by atoms with Gasteiger partial charge in [-0.1, -0.05) is 35.0 Å². The monoisotopic (exact) mass is 430 g/mol. The molecule has 1 amide bonds. The van der Waals surface area contributed by atoms with Gasteiger partial charge in [0.05, 0.1) is 6.21 Å². The maximum absolute atomic E-state index is 12.2. The number of halogens is 2. The summed E-state index contributed by atoms with van der Waals surface area (Å²) < 4.78 is 11.1. The molecule has 0 atom stereocenters.